The number of hydrogen-bond donors (Lipinski definition) is 2. The van der Waals surface area contributed by atoms with Crippen molar-refractivity contribution in [2.24, 2.45) is 15.4 Å². The molecule has 2 aromatic carbocycles. The van der Waals surface area contributed by atoms with Crippen LogP contribution in [0.3, 0.4) is 0 Å². The van der Waals surface area contributed by atoms with Gasteiger partial charge >= 0.3 is 5.91 Å². The Bertz CT molecular complexity index is 1070. The van der Waals surface area contributed by atoms with Gasteiger partial charge < -0.3 is 19.6 Å². The molecule has 0 saturated heterocycles. The number of aromatic nitrogens is 1. The number of nitrogens with zero attached hydrogens (tertiary/aromatic N) is 4. The predicted octanol–water partition coefficient (Wildman–Crippen LogP) is 2.12. The van der Waals surface area contributed by atoms with Crippen molar-refractivity contribution in [1.82, 2.24) is 4.57 Å². The van der Waals surface area contributed by atoms with Crippen molar-refractivity contribution >= 4 is 28.7 Å². The molecule has 9 nitrogen and oxygen atoms in total. The summed E-state index contributed by atoms with van der Waals surface area (Å²) in [6, 6.07) is 14.6. The predicted molar refractivity (Wildman–Crippen MR) is 112 cm³/mol. The lowest BCUT2D eigenvalue weighted by atomic mass is 10.2. The summed E-state index contributed by atoms with van der Waals surface area (Å²) in [6.45, 7) is 0.177. The number of carbonyl (C=O) groups is 1. The van der Waals surface area contributed by atoms with Gasteiger partial charge in [-0.15, -0.1) is 10.2 Å². The molecule has 1 heterocycles. The lowest BCUT2D eigenvalue weighted by Crippen LogP contribution is -3.04. The number of carbonyl (C=O) groups excluding carboxylic acids is 1. The molecule has 0 radical (unpaired) electrons. The monoisotopic (exact) mass is 410 g/mol. The first-order chi connectivity index (χ1) is 14.5. The third-order valence-electron chi connectivity index (χ3n) is 4.23. The van der Waals surface area contributed by atoms with E-state index in [1.165, 1.54) is 6.21 Å². The van der Waals surface area contributed by atoms with Crippen LogP contribution in [0.5, 0.6) is 11.6 Å². The number of para-hydroxylation sites is 1. The average Bonchev–Trinajstić information content (AvgIpc) is 3.01. The van der Waals surface area contributed by atoms with E-state index in [1.807, 2.05) is 38.4 Å². The summed E-state index contributed by atoms with van der Waals surface area (Å²) in [5.74, 6) is 0.0870. The first-order valence-corrected chi connectivity index (χ1v) is 9.32. The zero-order chi connectivity index (χ0) is 21.5. The van der Waals surface area contributed by atoms with Crippen molar-refractivity contribution in [1.29, 1.82) is 0 Å². The van der Waals surface area contributed by atoms with Crippen LogP contribution in [0, 0.1) is 0 Å². The standard InChI is InChI=1S/C21H23N5O4/c1-25(2)14-26-18-7-5-4-6-17(18)20(21(26)28)24-23-19(27)13-30-22-12-15-8-10-16(29-3)11-9-15/h4-12,28H,13-14H2,1-3H3/p+1/b22-12-,24-23?. The lowest BCUT2D eigenvalue weighted by Gasteiger charge is -2.10. The topological polar surface area (TPSA) is 102 Å². The molecule has 30 heavy (non-hydrogen) atoms. The molecule has 156 valence electrons. The maximum Gasteiger partial charge on any atom is 0.304 e. The molecule has 0 bridgehead atoms. The van der Waals surface area contributed by atoms with E-state index in [-0.39, 0.29) is 18.2 Å². The Labute approximate surface area is 173 Å². The number of rotatable bonds is 8. The number of fused-ring (bicyclic) bond motifs is 1. The molecule has 0 spiro atoms. The van der Waals surface area contributed by atoms with Crippen molar-refractivity contribution in [3.63, 3.8) is 0 Å². The van der Waals surface area contributed by atoms with Crippen molar-refractivity contribution in [2.75, 3.05) is 27.8 Å². The number of ether oxygens (including phenoxy) is 1. The van der Waals surface area contributed by atoms with Crippen LogP contribution in [0.2, 0.25) is 0 Å². The summed E-state index contributed by atoms with van der Waals surface area (Å²) in [4.78, 5) is 18.1. The molecule has 0 aliphatic carbocycles. The van der Waals surface area contributed by atoms with Crippen molar-refractivity contribution in [3.05, 3.63) is 54.1 Å². The highest BCUT2D eigenvalue weighted by molar-refractivity contribution is 5.95. The van der Waals surface area contributed by atoms with Crippen molar-refractivity contribution in [2.45, 2.75) is 6.67 Å². The number of azo groups is 1. The molecule has 9 heteroatoms. The van der Waals surface area contributed by atoms with Crippen LogP contribution in [0.1, 0.15) is 5.56 Å². The van der Waals surface area contributed by atoms with Gasteiger partial charge in [0.15, 0.2) is 19.0 Å². The first-order valence-electron chi connectivity index (χ1n) is 9.32. The van der Waals surface area contributed by atoms with Crippen LogP contribution in [0.25, 0.3) is 10.9 Å². The number of amides is 1. The number of hydrogen-bond acceptors (Lipinski definition) is 6. The minimum atomic E-state index is -0.614. The van der Waals surface area contributed by atoms with Gasteiger partial charge in [0.05, 0.1) is 32.9 Å². The second kappa shape index (κ2) is 9.66. The lowest BCUT2D eigenvalue weighted by molar-refractivity contribution is -0.882. The van der Waals surface area contributed by atoms with Gasteiger partial charge in [-0.2, -0.15) is 0 Å². The largest absolute Gasteiger partial charge is 0.497 e. The number of methoxy groups -OCH3 is 1. The Morgan fingerprint density at radius 3 is 2.60 bits per heavy atom. The summed E-state index contributed by atoms with van der Waals surface area (Å²) < 4.78 is 6.82. The normalized spacial score (nSPS) is 11.7. The molecule has 1 aromatic heterocycles. The second-order valence-electron chi connectivity index (χ2n) is 6.86. The number of nitrogens with one attached hydrogen (secondary N) is 1. The third-order valence-corrected chi connectivity index (χ3v) is 4.23. The molecule has 3 aromatic rings. The molecule has 3 rings (SSSR count). The average molecular weight is 410 g/mol. The first kappa shape index (κ1) is 21.0. The number of oxime groups is 1. The Kier molecular flexibility index (Phi) is 6.76. The Morgan fingerprint density at radius 2 is 1.90 bits per heavy atom. The van der Waals surface area contributed by atoms with Gasteiger partial charge in [0.2, 0.25) is 5.88 Å². The van der Waals surface area contributed by atoms with Crippen LogP contribution < -0.4 is 9.64 Å². The highest BCUT2D eigenvalue weighted by atomic mass is 16.6. The van der Waals surface area contributed by atoms with Crippen LogP contribution in [0.4, 0.5) is 5.69 Å². The number of benzene rings is 2. The fourth-order valence-corrected chi connectivity index (χ4v) is 2.86. The number of quaternary nitrogens is 1. The minimum Gasteiger partial charge on any atom is -0.497 e. The van der Waals surface area contributed by atoms with E-state index in [0.29, 0.717) is 12.1 Å². The van der Waals surface area contributed by atoms with Crippen LogP contribution in [-0.2, 0) is 16.3 Å². The van der Waals surface area contributed by atoms with E-state index in [1.54, 1.807) is 35.9 Å². The van der Waals surface area contributed by atoms with Gasteiger partial charge in [-0.1, -0.05) is 23.4 Å². The maximum absolute atomic E-state index is 12.0. The molecule has 0 fully saturated rings. The van der Waals surface area contributed by atoms with Gasteiger partial charge in [-0.25, -0.2) is 0 Å². The number of aromatic hydroxyl groups is 1. The molecule has 0 aliphatic heterocycles. The van der Waals surface area contributed by atoms with Gasteiger partial charge in [-0.05, 0) is 35.9 Å². The smallest absolute Gasteiger partial charge is 0.304 e. The molecule has 0 unspecified atom stereocenters. The molecule has 2 N–H and O–H groups in total. The Hall–Kier alpha value is -3.72. The summed E-state index contributed by atoms with van der Waals surface area (Å²) >= 11 is 0. The summed E-state index contributed by atoms with van der Waals surface area (Å²) in [7, 11) is 5.54. The zero-order valence-corrected chi connectivity index (χ0v) is 17.1. The van der Waals surface area contributed by atoms with Crippen LogP contribution in [0.15, 0.2) is 63.9 Å². The summed E-state index contributed by atoms with van der Waals surface area (Å²) in [5.41, 5.74) is 1.87. The zero-order valence-electron chi connectivity index (χ0n) is 17.1. The van der Waals surface area contributed by atoms with E-state index >= 15 is 0 Å². The highest BCUT2D eigenvalue weighted by Gasteiger charge is 2.18. The maximum atomic E-state index is 12.0. The fraction of sp³-hybridized carbons (Fsp3) is 0.238. The Balaban J connectivity index is 1.65. The summed E-state index contributed by atoms with van der Waals surface area (Å²) in [6.07, 6.45) is 1.48. The second-order valence-corrected chi connectivity index (χ2v) is 6.86. The van der Waals surface area contributed by atoms with E-state index in [4.69, 9.17) is 9.57 Å². The van der Waals surface area contributed by atoms with Crippen molar-refractivity contribution in [3.8, 4) is 11.6 Å². The van der Waals surface area contributed by atoms with Gasteiger partial charge in [0.25, 0.3) is 0 Å². The van der Waals surface area contributed by atoms with Gasteiger partial charge in [-0.3, -0.25) is 9.36 Å². The third kappa shape index (κ3) is 5.00. The molecule has 0 saturated carbocycles. The molecular formula is C21H24N5O4+. The van der Waals surface area contributed by atoms with E-state index in [2.05, 4.69) is 15.4 Å². The Morgan fingerprint density at radius 1 is 1.17 bits per heavy atom. The van der Waals surface area contributed by atoms with E-state index in [0.717, 1.165) is 21.7 Å². The molecular weight excluding hydrogens is 386 g/mol. The molecule has 0 atom stereocenters. The SMILES string of the molecule is COc1ccc(/C=N\OCC(=O)N=Nc2c(O)n(C[NH+](C)C)c3ccccc23)cc1. The fourth-order valence-electron chi connectivity index (χ4n) is 2.86. The van der Waals surface area contributed by atoms with Crippen LogP contribution in [-0.4, -0.2) is 49.6 Å². The highest BCUT2D eigenvalue weighted by Crippen LogP contribution is 2.38. The minimum absolute atomic E-state index is 0.0348. The molecule has 0 aliphatic rings. The molecule has 1 amide bonds. The van der Waals surface area contributed by atoms with E-state index < -0.39 is 5.91 Å². The quantitative estimate of drug-likeness (QED) is 0.337. The van der Waals surface area contributed by atoms with E-state index in [9.17, 15) is 9.90 Å². The van der Waals surface area contributed by atoms with Crippen molar-refractivity contribution < 1.29 is 24.4 Å². The van der Waals surface area contributed by atoms with Crippen LogP contribution >= 0.6 is 0 Å². The van der Waals surface area contributed by atoms with Gasteiger partial charge in [0.1, 0.15) is 5.75 Å². The van der Waals surface area contributed by atoms with Gasteiger partial charge in [0, 0.05) is 5.39 Å². The summed E-state index contributed by atoms with van der Waals surface area (Å²) in [5, 5.41) is 22.7.